The summed E-state index contributed by atoms with van der Waals surface area (Å²) in [5.74, 6) is 0.312. The molecule has 1 aromatic heterocycles. The van der Waals surface area contributed by atoms with E-state index in [9.17, 15) is 18.0 Å². The summed E-state index contributed by atoms with van der Waals surface area (Å²) in [7, 11) is 0. The summed E-state index contributed by atoms with van der Waals surface area (Å²) in [4.78, 5) is 16.1. The second-order valence-corrected chi connectivity index (χ2v) is 5.40. The Balaban J connectivity index is 1.62. The van der Waals surface area contributed by atoms with Crippen LogP contribution >= 0.6 is 0 Å². The molecule has 1 aliphatic rings. The molecule has 0 radical (unpaired) electrons. The maximum absolute atomic E-state index is 12.5. The first-order chi connectivity index (χ1) is 12.4. The van der Waals surface area contributed by atoms with E-state index in [4.69, 9.17) is 4.74 Å². The highest BCUT2D eigenvalue weighted by Gasteiger charge is 2.30. The Morgan fingerprint density at radius 3 is 2.50 bits per heavy atom. The minimum atomic E-state index is -4.39. The van der Waals surface area contributed by atoms with Crippen LogP contribution in [0.3, 0.4) is 0 Å². The predicted molar refractivity (Wildman–Crippen MR) is 89.1 cm³/mol. The van der Waals surface area contributed by atoms with Gasteiger partial charge in [0.2, 0.25) is 0 Å². The minimum Gasteiger partial charge on any atom is -0.441 e. The SMILES string of the molecule is O=C(Nc1cccnc1)C1=CC=C(Oc2ccc(C(F)(F)F)cc2)NC1. The van der Waals surface area contributed by atoms with Gasteiger partial charge in [0, 0.05) is 18.3 Å². The number of amides is 1. The number of rotatable bonds is 4. The van der Waals surface area contributed by atoms with Gasteiger partial charge in [-0.15, -0.1) is 0 Å². The first kappa shape index (κ1) is 17.5. The van der Waals surface area contributed by atoms with Gasteiger partial charge in [0.05, 0.1) is 17.4 Å². The van der Waals surface area contributed by atoms with Gasteiger partial charge in [-0.1, -0.05) is 0 Å². The number of allylic oxidation sites excluding steroid dienone is 2. The molecule has 2 heterocycles. The quantitative estimate of drug-likeness (QED) is 0.875. The van der Waals surface area contributed by atoms with E-state index in [1.165, 1.54) is 18.3 Å². The lowest BCUT2D eigenvalue weighted by Gasteiger charge is -2.17. The van der Waals surface area contributed by atoms with E-state index in [0.29, 0.717) is 17.1 Å². The average Bonchev–Trinajstić information content (AvgIpc) is 2.63. The number of carbonyl (C=O) groups excluding carboxylic acids is 1. The number of anilines is 1. The first-order valence-electron chi connectivity index (χ1n) is 7.63. The first-order valence-corrected chi connectivity index (χ1v) is 7.63. The monoisotopic (exact) mass is 361 g/mol. The van der Waals surface area contributed by atoms with Crippen LogP contribution in [0.4, 0.5) is 18.9 Å². The third-order valence-corrected chi connectivity index (χ3v) is 3.51. The maximum Gasteiger partial charge on any atom is 0.416 e. The fourth-order valence-electron chi connectivity index (χ4n) is 2.19. The topological polar surface area (TPSA) is 63.2 Å². The molecule has 0 unspecified atom stereocenters. The molecule has 0 spiro atoms. The zero-order valence-corrected chi connectivity index (χ0v) is 13.4. The van der Waals surface area contributed by atoms with E-state index < -0.39 is 11.7 Å². The Labute approximate surface area is 147 Å². The van der Waals surface area contributed by atoms with Gasteiger partial charge in [0.25, 0.3) is 5.91 Å². The van der Waals surface area contributed by atoms with Gasteiger partial charge in [-0.05, 0) is 48.6 Å². The van der Waals surface area contributed by atoms with Crippen LogP contribution in [0.1, 0.15) is 5.56 Å². The molecule has 5 nitrogen and oxygen atoms in total. The van der Waals surface area contributed by atoms with Crippen LogP contribution in [0.5, 0.6) is 5.75 Å². The molecule has 0 fully saturated rings. The summed E-state index contributed by atoms with van der Waals surface area (Å²) in [5.41, 5.74) is 0.312. The van der Waals surface area contributed by atoms with E-state index in [1.807, 2.05) is 0 Å². The van der Waals surface area contributed by atoms with Crippen molar-refractivity contribution in [2.75, 3.05) is 11.9 Å². The second-order valence-electron chi connectivity index (χ2n) is 5.40. The molecule has 3 rings (SSSR count). The van der Waals surface area contributed by atoms with Crippen molar-refractivity contribution >= 4 is 11.6 Å². The standard InChI is InChI=1S/C18H14F3N3O2/c19-18(20,21)13-4-6-15(7-5-13)26-16-8-3-12(10-23-16)17(25)24-14-2-1-9-22-11-14/h1-9,11,23H,10H2,(H,24,25). The van der Waals surface area contributed by atoms with Crippen LogP contribution in [0.15, 0.2) is 72.4 Å². The molecule has 0 bridgehead atoms. The second kappa shape index (κ2) is 7.30. The largest absolute Gasteiger partial charge is 0.441 e. The number of halogens is 3. The number of ether oxygens (including phenoxy) is 1. The fourth-order valence-corrected chi connectivity index (χ4v) is 2.19. The summed E-state index contributed by atoms with van der Waals surface area (Å²) < 4.78 is 43.1. The molecule has 26 heavy (non-hydrogen) atoms. The zero-order chi connectivity index (χ0) is 18.6. The lowest BCUT2D eigenvalue weighted by Crippen LogP contribution is -2.29. The average molecular weight is 361 g/mol. The van der Waals surface area contributed by atoms with Crippen LogP contribution in [-0.2, 0) is 11.0 Å². The van der Waals surface area contributed by atoms with Gasteiger partial charge >= 0.3 is 6.18 Å². The van der Waals surface area contributed by atoms with Crippen molar-refractivity contribution in [2.45, 2.75) is 6.18 Å². The molecule has 1 aliphatic heterocycles. The van der Waals surface area contributed by atoms with E-state index in [2.05, 4.69) is 15.6 Å². The minimum absolute atomic E-state index is 0.221. The Morgan fingerprint density at radius 2 is 1.92 bits per heavy atom. The van der Waals surface area contributed by atoms with Gasteiger partial charge in [0.15, 0.2) is 5.88 Å². The summed E-state index contributed by atoms with van der Waals surface area (Å²) in [6.45, 7) is 0.221. The summed E-state index contributed by atoms with van der Waals surface area (Å²) in [6, 6.07) is 7.79. The highest BCUT2D eigenvalue weighted by molar-refractivity contribution is 6.04. The molecule has 0 saturated heterocycles. The summed E-state index contributed by atoms with van der Waals surface area (Å²) in [6.07, 6.45) is 1.87. The molecule has 1 aromatic carbocycles. The fraction of sp³-hybridized carbons (Fsp3) is 0.111. The number of hydrogen-bond donors (Lipinski definition) is 2. The molecule has 134 valence electrons. The molecular weight excluding hydrogens is 347 g/mol. The van der Waals surface area contributed by atoms with Crippen LogP contribution < -0.4 is 15.4 Å². The number of alkyl halides is 3. The van der Waals surface area contributed by atoms with Crippen molar-refractivity contribution in [2.24, 2.45) is 0 Å². The molecule has 0 aliphatic carbocycles. The number of dihydropyridines is 1. The van der Waals surface area contributed by atoms with Crippen LogP contribution in [0, 0.1) is 0 Å². The van der Waals surface area contributed by atoms with Gasteiger partial charge in [-0.3, -0.25) is 9.78 Å². The Morgan fingerprint density at radius 1 is 1.15 bits per heavy atom. The van der Waals surface area contributed by atoms with Crippen molar-refractivity contribution in [3.8, 4) is 5.75 Å². The predicted octanol–water partition coefficient (Wildman–Crippen LogP) is 3.49. The molecule has 0 saturated carbocycles. The van der Waals surface area contributed by atoms with Crippen molar-refractivity contribution in [1.82, 2.24) is 10.3 Å². The molecule has 2 N–H and O–H groups in total. The normalized spacial score (nSPS) is 14.0. The summed E-state index contributed by atoms with van der Waals surface area (Å²) >= 11 is 0. The Kier molecular flexibility index (Phi) is 4.92. The van der Waals surface area contributed by atoms with Crippen LogP contribution in [0.2, 0.25) is 0 Å². The number of hydrogen-bond acceptors (Lipinski definition) is 4. The number of aromatic nitrogens is 1. The number of nitrogens with zero attached hydrogens (tertiary/aromatic N) is 1. The highest BCUT2D eigenvalue weighted by atomic mass is 19.4. The molecular formula is C18H14F3N3O2. The molecule has 8 heteroatoms. The van der Waals surface area contributed by atoms with Crippen molar-refractivity contribution in [3.05, 3.63) is 78.0 Å². The van der Waals surface area contributed by atoms with Crippen molar-refractivity contribution in [3.63, 3.8) is 0 Å². The van der Waals surface area contributed by atoms with Gasteiger partial charge in [-0.25, -0.2) is 0 Å². The van der Waals surface area contributed by atoms with E-state index in [1.54, 1.807) is 30.5 Å². The van der Waals surface area contributed by atoms with E-state index >= 15 is 0 Å². The Hall–Kier alpha value is -3.29. The van der Waals surface area contributed by atoms with E-state index in [0.717, 1.165) is 12.1 Å². The third kappa shape index (κ3) is 4.41. The van der Waals surface area contributed by atoms with Crippen molar-refractivity contribution < 1.29 is 22.7 Å². The number of carbonyl (C=O) groups is 1. The summed E-state index contributed by atoms with van der Waals surface area (Å²) in [5, 5.41) is 5.61. The maximum atomic E-state index is 12.5. The van der Waals surface area contributed by atoms with Crippen LogP contribution in [0.25, 0.3) is 0 Å². The molecule has 0 atom stereocenters. The van der Waals surface area contributed by atoms with E-state index in [-0.39, 0.29) is 18.2 Å². The number of nitrogens with one attached hydrogen (secondary N) is 2. The van der Waals surface area contributed by atoms with Crippen molar-refractivity contribution in [1.29, 1.82) is 0 Å². The highest BCUT2D eigenvalue weighted by Crippen LogP contribution is 2.30. The lowest BCUT2D eigenvalue weighted by molar-refractivity contribution is -0.137. The smallest absolute Gasteiger partial charge is 0.416 e. The third-order valence-electron chi connectivity index (χ3n) is 3.51. The Bertz CT molecular complexity index is 844. The number of pyridine rings is 1. The molecule has 2 aromatic rings. The van der Waals surface area contributed by atoms with Gasteiger partial charge < -0.3 is 15.4 Å². The van der Waals surface area contributed by atoms with Crippen LogP contribution in [-0.4, -0.2) is 17.4 Å². The lowest BCUT2D eigenvalue weighted by atomic mass is 10.2. The number of benzene rings is 1. The molecule has 1 amide bonds. The van der Waals surface area contributed by atoms with Gasteiger partial charge in [-0.2, -0.15) is 13.2 Å². The van der Waals surface area contributed by atoms with Gasteiger partial charge in [0.1, 0.15) is 5.75 Å². The zero-order valence-electron chi connectivity index (χ0n) is 13.4.